The summed E-state index contributed by atoms with van der Waals surface area (Å²) in [5.41, 5.74) is 1.66. The van der Waals surface area contributed by atoms with Gasteiger partial charge in [-0.15, -0.1) is 11.3 Å². The van der Waals surface area contributed by atoms with Crippen LogP contribution >= 0.6 is 11.3 Å². The van der Waals surface area contributed by atoms with Gasteiger partial charge in [-0.25, -0.2) is 4.79 Å². The smallest absolute Gasteiger partial charge is 0.339 e. The Bertz CT molecular complexity index is 1310. The Morgan fingerprint density at radius 3 is 1.80 bits per heavy atom. The van der Waals surface area contributed by atoms with E-state index in [2.05, 4.69) is 30.9 Å². The summed E-state index contributed by atoms with van der Waals surface area (Å²) in [5.74, 6) is 0.00710. The van der Waals surface area contributed by atoms with Crippen molar-refractivity contribution < 1.29 is 28.7 Å². The van der Waals surface area contributed by atoms with Gasteiger partial charge in [-0.05, 0) is 90.3 Å². The van der Waals surface area contributed by atoms with Crippen molar-refractivity contribution in [3.8, 4) is 0 Å². The number of Topliss-reactive ketones (excluding diaryl/α,β-unsaturated/α-hetero) is 1. The van der Waals surface area contributed by atoms with Gasteiger partial charge in [0.2, 0.25) is 5.91 Å². The minimum absolute atomic E-state index is 0.105. The summed E-state index contributed by atoms with van der Waals surface area (Å²) in [7, 11) is 4.02. The van der Waals surface area contributed by atoms with Crippen LogP contribution in [0.15, 0.2) is 12.2 Å². The number of aryl methyl sites for hydroxylation is 1. The maximum Gasteiger partial charge on any atom is 0.339 e. The molecule has 0 spiro atoms. The summed E-state index contributed by atoms with van der Waals surface area (Å²) in [6, 6.07) is 0. The highest BCUT2D eigenvalue weighted by Crippen LogP contribution is 2.35. The average Bonchev–Trinajstić information content (AvgIpc) is 3.60. The van der Waals surface area contributed by atoms with Gasteiger partial charge >= 0.3 is 11.9 Å². The number of hydrogen-bond acceptors (Lipinski definition) is 8. The molecule has 1 aromatic rings. The van der Waals surface area contributed by atoms with Crippen molar-refractivity contribution in [3.05, 3.63) is 33.0 Å². The molecule has 2 rings (SSSR count). The largest absolute Gasteiger partial charge is 0.466 e. The van der Waals surface area contributed by atoms with Gasteiger partial charge in [0.25, 0.3) is 0 Å². The van der Waals surface area contributed by atoms with E-state index in [-0.39, 0.29) is 23.6 Å². The minimum Gasteiger partial charge on any atom is -0.466 e. The van der Waals surface area contributed by atoms with Crippen molar-refractivity contribution in [1.82, 2.24) is 9.80 Å². The van der Waals surface area contributed by atoms with E-state index in [0.29, 0.717) is 70.4 Å². The summed E-state index contributed by atoms with van der Waals surface area (Å²) in [6.45, 7) is 7.31. The number of allylic oxidation sites excluding steroid dienone is 2. The second-order valence-corrected chi connectivity index (χ2v) is 18.5. The third-order valence-electron chi connectivity index (χ3n) is 11.6. The molecule has 1 amide bonds. The third-order valence-corrected chi connectivity index (χ3v) is 12.8. The second kappa shape index (κ2) is 35.1. The SMILES string of the molecule is CCCCCCCC/C=C\CCCCCCCC(=O)CCc1sc2c(c1C(=O)OCCCN(C)C)CCN(C(=O)CCCCCCC(=O)OCCCCCCCCC)C2. The number of esters is 2. The summed E-state index contributed by atoms with van der Waals surface area (Å²) in [6.07, 6.45) is 36.6. The number of hydrogen-bond donors (Lipinski definition) is 0. The van der Waals surface area contributed by atoms with E-state index < -0.39 is 0 Å². The van der Waals surface area contributed by atoms with Gasteiger partial charge in [0, 0.05) is 48.5 Å². The minimum atomic E-state index is -0.289. The van der Waals surface area contributed by atoms with Crippen LogP contribution in [-0.2, 0) is 43.2 Å². The monoisotopic (exact) mass is 843 g/mol. The van der Waals surface area contributed by atoms with E-state index >= 15 is 0 Å². The van der Waals surface area contributed by atoms with Crippen LogP contribution in [0.25, 0.3) is 0 Å². The highest BCUT2D eigenvalue weighted by atomic mass is 32.1. The van der Waals surface area contributed by atoms with E-state index in [9.17, 15) is 19.2 Å². The molecule has 1 aliphatic heterocycles. The topological polar surface area (TPSA) is 93.2 Å². The first kappa shape index (κ1) is 52.6. The van der Waals surface area contributed by atoms with Crippen LogP contribution in [0, 0.1) is 0 Å². The van der Waals surface area contributed by atoms with E-state index in [1.165, 1.54) is 96.3 Å². The third kappa shape index (κ3) is 25.8. The predicted molar refractivity (Wildman–Crippen MR) is 246 cm³/mol. The number of carbonyl (C=O) groups excluding carboxylic acids is 4. The molecule has 0 fully saturated rings. The lowest BCUT2D eigenvalue weighted by Crippen LogP contribution is -2.35. The van der Waals surface area contributed by atoms with Gasteiger partial charge in [-0.2, -0.15) is 0 Å². The quantitative estimate of drug-likeness (QED) is 0.0372. The zero-order chi connectivity index (χ0) is 42.8. The standard InChI is InChI=1S/C50H86N2O6S/c1-5-7-9-11-13-14-15-16-17-18-19-20-21-23-27-32-43(53)35-36-45-49(50(56)58-41-31-38-51(3)4)44-37-39-52(42-46(44)59-45)47(54)33-28-24-25-29-34-48(55)57-40-30-26-22-12-10-8-6-2/h16-17H,5-15,18-42H2,1-4H3/b17-16-. The molecule has 0 N–H and O–H groups in total. The molecule has 0 bridgehead atoms. The van der Waals surface area contributed by atoms with E-state index in [4.69, 9.17) is 9.47 Å². The fraction of sp³-hybridized carbons (Fsp3) is 0.800. The Morgan fingerprint density at radius 1 is 0.627 bits per heavy atom. The van der Waals surface area contributed by atoms with Crippen LogP contribution < -0.4 is 0 Å². The zero-order valence-corrected chi connectivity index (χ0v) is 39.2. The fourth-order valence-corrected chi connectivity index (χ4v) is 9.21. The van der Waals surface area contributed by atoms with Crippen LogP contribution in [-0.4, -0.2) is 73.8 Å². The maximum atomic E-state index is 13.5. The van der Waals surface area contributed by atoms with Gasteiger partial charge in [0.1, 0.15) is 5.78 Å². The van der Waals surface area contributed by atoms with Crippen molar-refractivity contribution in [2.45, 2.75) is 219 Å². The lowest BCUT2D eigenvalue weighted by Gasteiger charge is -2.27. The molecule has 338 valence electrons. The molecule has 59 heavy (non-hydrogen) atoms. The zero-order valence-electron chi connectivity index (χ0n) is 38.4. The molecule has 2 heterocycles. The number of amides is 1. The normalized spacial score (nSPS) is 12.7. The van der Waals surface area contributed by atoms with Crippen molar-refractivity contribution in [3.63, 3.8) is 0 Å². The first-order valence-electron chi connectivity index (χ1n) is 24.3. The molecule has 0 radical (unpaired) electrons. The Hall–Kier alpha value is -2.52. The lowest BCUT2D eigenvalue weighted by molar-refractivity contribution is -0.144. The number of rotatable bonds is 38. The highest BCUT2D eigenvalue weighted by Gasteiger charge is 2.30. The van der Waals surface area contributed by atoms with E-state index in [0.717, 1.165) is 86.1 Å². The van der Waals surface area contributed by atoms with Crippen LogP contribution in [0.4, 0.5) is 0 Å². The molecule has 0 aromatic carbocycles. The molecule has 0 atom stereocenters. The molecular formula is C50H86N2O6S. The number of nitrogens with zero attached hydrogens (tertiary/aromatic N) is 2. The number of fused-ring (bicyclic) bond motifs is 1. The number of carbonyl (C=O) groups is 4. The highest BCUT2D eigenvalue weighted by molar-refractivity contribution is 7.12. The molecule has 0 saturated heterocycles. The van der Waals surface area contributed by atoms with Crippen LogP contribution in [0.5, 0.6) is 0 Å². The summed E-state index contributed by atoms with van der Waals surface area (Å²) >= 11 is 1.59. The molecular weight excluding hydrogens is 757 g/mol. The van der Waals surface area contributed by atoms with E-state index in [1.807, 2.05) is 19.0 Å². The van der Waals surface area contributed by atoms with Gasteiger partial charge < -0.3 is 19.3 Å². The van der Waals surface area contributed by atoms with Crippen molar-refractivity contribution in [2.75, 3.05) is 40.4 Å². The lowest BCUT2D eigenvalue weighted by atomic mass is 9.98. The van der Waals surface area contributed by atoms with Gasteiger partial charge in [0.05, 0.1) is 25.3 Å². The fourth-order valence-electron chi connectivity index (χ4n) is 7.85. The van der Waals surface area contributed by atoms with Crippen molar-refractivity contribution >= 4 is 35.0 Å². The molecule has 0 unspecified atom stereocenters. The Balaban J connectivity index is 1.72. The Morgan fingerprint density at radius 2 is 1.17 bits per heavy atom. The number of unbranched alkanes of at least 4 members (excludes halogenated alkanes) is 20. The average molecular weight is 843 g/mol. The molecule has 1 aliphatic rings. The molecule has 0 saturated carbocycles. The predicted octanol–water partition coefficient (Wildman–Crippen LogP) is 12.9. The van der Waals surface area contributed by atoms with Crippen LogP contribution in [0.1, 0.15) is 226 Å². The van der Waals surface area contributed by atoms with Crippen LogP contribution in [0.2, 0.25) is 0 Å². The molecule has 0 aliphatic carbocycles. The van der Waals surface area contributed by atoms with Crippen molar-refractivity contribution in [2.24, 2.45) is 0 Å². The van der Waals surface area contributed by atoms with Crippen LogP contribution in [0.3, 0.4) is 0 Å². The van der Waals surface area contributed by atoms with Gasteiger partial charge in [0.15, 0.2) is 0 Å². The summed E-state index contributed by atoms with van der Waals surface area (Å²) < 4.78 is 11.2. The number of ether oxygens (including phenoxy) is 2. The molecule has 1 aromatic heterocycles. The first-order chi connectivity index (χ1) is 28.8. The Kier molecular flexibility index (Phi) is 31.3. The van der Waals surface area contributed by atoms with Crippen molar-refractivity contribution in [1.29, 1.82) is 0 Å². The van der Waals surface area contributed by atoms with E-state index in [1.54, 1.807) is 11.3 Å². The summed E-state index contributed by atoms with van der Waals surface area (Å²) in [4.78, 5) is 57.8. The van der Waals surface area contributed by atoms with Gasteiger partial charge in [-0.1, -0.05) is 129 Å². The summed E-state index contributed by atoms with van der Waals surface area (Å²) in [5, 5.41) is 0. The Labute approximate surface area is 365 Å². The maximum absolute atomic E-state index is 13.5. The first-order valence-corrected chi connectivity index (χ1v) is 25.1. The number of thiophene rings is 1. The number of ketones is 1. The second-order valence-electron chi connectivity index (χ2n) is 17.3. The molecule has 8 nitrogen and oxygen atoms in total. The van der Waals surface area contributed by atoms with Gasteiger partial charge in [-0.3, -0.25) is 14.4 Å². The molecule has 9 heteroatoms.